The molecule has 7 nitrogen and oxygen atoms in total. The molecular formula is C28H24FIN2O5. The quantitative estimate of drug-likeness (QED) is 0.210. The van der Waals surface area contributed by atoms with Gasteiger partial charge in [0.25, 0.3) is 11.8 Å². The van der Waals surface area contributed by atoms with E-state index in [1.165, 1.54) is 18.2 Å². The molecule has 0 unspecified atom stereocenters. The van der Waals surface area contributed by atoms with Crippen LogP contribution in [0.5, 0.6) is 11.5 Å². The van der Waals surface area contributed by atoms with Gasteiger partial charge in [-0.15, -0.1) is 0 Å². The van der Waals surface area contributed by atoms with Gasteiger partial charge in [0.2, 0.25) is 0 Å². The largest absolute Gasteiger partial charge is 0.490 e. The third-order valence-corrected chi connectivity index (χ3v) is 6.42. The molecule has 1 saturated heterocycles. The van der Waals surface area contributed by atoms with E-state index in [1.54, 1.807) is 37.3 Å². The Hall–Kier alpha value is -3.73. The summed E-state index contributed by atoms with van der Waals surface area (Å²) in [6.45, 7) is 5.93. The highest BCUT2D eigenvalue weighted by Crippen LogP contribution is 2.36. The number of urea groups is 1. The van der Waals surface area contributed by atoms with E-state index in [1.807, 2.05) is 26.0 Å². The number of aryl methyl sites for hydroxylation is 2. The summed E-state index contributed by atoms with van der Waals surface area (Å²) < 4.78 is 25.9. The fourth-order valence-corrected chi connectivity index (χ4v) is 4.64. The zero-order valence-electron chi connectivity index (χ0n) is 20.4. The van der Waals surface area contributed by atoms with Crippen LogP contribution in [0.1, 0.15) is 29.2 Å². The number of rotatable bonds is 7. The first-order chi connectivity index (χ1) is 17.7. The molecule has 1 N–H and O–H groups in total. The summed E-state index contributed by atoms with van der Waals surface area (Å²) in [6.07, 6.45) is 1.42. The summed E-state index contributed by atoms with van der Waals surface area (Å²) in [5.41, 5.74) is 2.98. The first-order valence-corrected chi connectivity index (χ1v) is 12.6. The molecule has 0 radical (unpaired) electrons. The molecule has 3 aromatic rings. The Bertz CT molecular complexity index is 1440. The zero-order chi connectivity index (χ0) is 26.7. The van der Waals surface area contributed by atoms with Crippen molar-refractivity contribution in [3.63, 3.8) is 0 Å². The number of amides is 4. The molecule has 4 amide bonds. The second-order valence-electron chi connectivity index (χ2n) is 8.43. The van der Waals surface area contributed by atoms with E-state index >= 15 is 0 Å². The number of barbiturate groups is 1. The number of hydrogen-bond acceptors (Lipinski definition) is 5. The van der Waals surface area contributed by atoms with Crippen LogP contribution >= 0.6 is 22.6 Å². The van der Waals surface area contributed by atoms with E-state index in [-0.39, 0.29) is 18.0 Å². The van der Waals surface area contributed by atoms with Crippen LogP contribution in [0, 0.1) is 23.2 Å². The van der Waals surface area contributed by atoms with Crippen molar-refractivity contribution in [3.8, 4) is 11.5 Å². The van der Waals surface area contributed by atoms with Gasteiger partial charge in [-0.25, -0.2) is 14.1 Å². The van der Waals surface area contributed by atoms with Crippen LogP contribution in [0.25, 0.3) is 6.08 Å². The molecule has 1 aliphatic rings. The average molecular weight is 614 g/mol. The second kappa shape index (κ2) is 11.1. The van der Waals surface area contributed by atoms with Gasteiger partial charge in [0.1, 0.15) is 18.0 Å². The second-order valence-corrected chi connectivity index (χ2v) is 9.59. The SMILES string of the molecule is CCOc1cc(/C=C2\C(=O)NC(=O)N(c3cc(C)ccc3C)C2=O)cc(I)c1OCc1cccc(F)c1. The fraction of sp³-hybridized carbons (Fsp3) is 0.179. The number of anilines is 1. The number of halogens is 2. The van der Waals surface area contributed by atoms with Gasteiger partial charge < -0.3 is 9.47 Å². The first kappa shape index (κ1) is 26.3. The Morgan fingerprint density at radius 1 is 1.03 bits per heavy atom. The zero-order valence-corrected chi connectivity index (χ0v) is 22.6. The molecular weight excluding hydrogens is 590 g/mol. The molecule has 0 spiro atoms. The van der Waals surface area contributed by atoms with Gasteiger partial charge in [0, 0.05) is 0 Å². The number of hydrogen-bond donors (Lipinski definition) is 1. The van der Waals surface area contributed by atoms with Gasteiger partial charge in [-0.2, -0.15) is 0 Å². The smallest absolute Gasteiger partial charge is 0.335 e. The third kappa shape index (κ3) is 5.82. The van der Waals surface area contributed by atoms with Crippen molar-refractivity contribution in [1.82, 2.24) is 5.32 Å². The fourth-order valence-electron chi connectivity index (χ4n) is 3.86. The van der Waals surface area contributed by atoms with Crippen molar-refractivity contribution in [3.05, 3.63) is 91.8 Å². The maximum Gasteiger partial charge on any atom is 0.335 e. The Labute approximate surface area is 227 Å². The van der Waals surface area contributed by atoms with Crippen LogP contribution in [0.3, 0.4) is 0 Å². The molecule has 4 rings (SSSR count). The van der Waals surface area contributed by atoms with Gasteiger partial charge in [0.05, 0.1) is 15.9 Å². The van der Waals surface area contributed by atoms with Crippen LogP contribution in [-0.4, -0.2) is 24.5 Å². The molecule has 0 saturated carbocycles. The number of ether oxygens (including phenoxy) is 2. The van der Waals surface area contributed by atoms with Crippen LogP contribution < -0.4 is 19.7 Å². The molecule has 0 atom stereocenters. The summed E-state index contributed by atoms with van der Waals surface area (Å²) >= 11 is 2.07. The normalized spacial score (nSPS) is 14.7. The lowest BCUT2D eigenvalue weighted by molar-refractivity contribution is -0.122. The maximum absolute atomic E-state index is 13.5. The highest BCUT2D eigenvalue weighted by atomic mass is 127. The monoisotopic (exact) mass is 614 g/mol. The molecule has 0 aromatic heterocycles. The predicted octanol–water partition coefficient (Wildman–Crippen LogP) is 5.69. The molecule has 9 heteroatoms. The van der Waals surface area contributed by atoms with Crippen LogP contribution in [0.15, 0.2) is 60.2 Å². The Morgan fingerprint density at radius 3 is 2.54 bits per heavy atom. The third-order valence-electron chi connectivity index (χ3n) is 5.62. The Kier molecular flexibility index (Phi) is 7.91. The number of nitrogens with zero attached hydrogens (tertiary/aromatic N) is 1. The van der Waals surface area contributed by atoms with E-state index in [9.17, 15) is 18.8 Å². The Balaban J connectivity index is 1.68. The van der Waals surface area contributed by atoms with Crippen molar-refractivity contribution < 1.29 is 28.2 Å². The Morgan fingerprint density at radius 2 is 1.81 bits per heavy atom. The highest BCUT2D eigenvalue weighted by molar-refractivity contribution is 14.1. The molecule has 190 valence electrons. The van der Waals surface area contributed by atoms with Gasteiger partial charge in [0.15, 0.2) is 11.5 Å². The van der Waals surface area contributed by atoms with E-state index in [0.717, 1.165) is 16.0 Å². The highest BCUT2D eigenvalue weighted by Gasteiger charge is 2.37. The summed E-state index contributed by atoms with van der Waals surface area (Å²) in [6, 6.07) is 14.1. The number of benzene rings is 3. The van der Waals surface area contributed by atoms with Crippen molar-refractivity contribution >= 4 is 52.2 Å². The van der Waals surface area contributed by atoms with Crippen molar-refractivity contribution in [1.29, 1.82) is 0 Å². The van der Waals surface area contributed by atoms with E-state index in [4.69, 9.17) is 9.47 Å². The summed E-state index contributed by atoms with van der Waals surface area (Å²) in [5.74, 6) is -0.992. The number of nitrogens with one attached hydrogen (secondary N) is 1. The van der Waals surface area contributed by atoms with Gasteiger partial charge in [-0.05, 0) is 102 Å². The summed E-state index contributed by atoms with van der Waals surface area (Å²) in [5, 5.41) is 2.25. The van der Waals surface area contributed by atoms with Crippen molar-refractivity contribution in [2.24, 2.45) is 0 Å². The number of imide groups is 2. The van der Waals surface area contributed by atoms with Gasteiger partial charge in [-0.1, -0.05) is 24.3 Å². The molecule has 3 aromatic carbocycles. The first-order valence-electron chi connectivity index (χ1n) is 11.5. The van der Waals surface area contributed by atoms with E-state index in [0.29, 0.717) is 38.5 Å². The predicted molar refractivity (Wildman–Crippen MR) is 146 cm³/mol. The molecule has 1 aliphatic heterocycles. The minimum absolute atomic E-state index is 0.127. The van der Waals surface area contributed by atoms with Gasteiger partial charge >= 0.3 is 6.03 Å². The lowest BCUT2D eigenvalue weighted by atomic mass is 10.0. The maximum atomic E-state index is 13.5. The van der Waals surface area contributed by atoms with Crippen molar-refractivity contribution in [2.45, 2.75) is 27.4 Å². The standard InChI is InChI=1S/C28H24FIN2O5/c1-4-36-24-14-19(13-22(30)25(24)37-15-18-6-5-7-20(29)11-18)12-21-26(33)31-28(35)32(27(21)34)23-10-16(2)8-9-17(23)3/h5-14H,4,15H2,1-3H3,(H,31,33,35)/b21-12+. The summed E-state index contributed by atoms with van der Waals surface area (Å²) in [4.78, 5) is 39.6. The number of carbonyl (C=O) groups is 3. The molecule has 0 bridgehead atoms. The molecule has 37 heavy (non-hydrogen) atoms. The van der Waals surface area contributed by atoms with Gasteiger partial charge in [-0.3, -0.25) is 14.9 Å². The van der Waals surface area contributed by atoms with E-state index in [2.05, 4.69) is 27.9 Å². The van der Waals surface area contributed by atoms with Crippen LogP contribution in [-0.2, 0) is 16.2 Å². The van der Waals surface area contributed by atoms with E-state index < -0.39 is 17.8 Å². The summed E-state index contributed by atoms with van der Waals surface area (Å²) in [7, 11) is 0. The lowest BCUT2D eigenvalue weighted by Crippen LogP contribution is -2.54. The lowest BCUT2D eigenvalue weighted by Gasteiger charge is -2.28. The minimum atomic E-state index is -0.800. The average Bonchev–Trinajstić information content (AvgIpc) is 2.83. The molecule has 1 fully saturated rings. The minimum Gasteiger partial charge on any atom is -0.490 e. The molecule has 1 heterocycles. The number of carbonyl (C=O) groups excluding carboxylic acids is 3. The van der Waals surface area contributed by atoms with Crippen LogP contribution in [0.2, 0.25) is 0 Å². The van der Waals surface area contributed by atoms with Crippen LogP contribution in [0.4, 0.5) is 14.9 Å². The molecule has 0 aliphatic carbocycles. The van der Waals surface area contributed by atoms with Crippen molar-refractivity contribution in [2.75, 3.05) is 11.5 Å². The topological polar surface area (TPSA) is 84.9 Å².